The van der Waals surface area contributed by atoms with Crippen LogP contribution >= 0.6 is 11.3 Å². The molecule has 0 unspecified atom stereocenters. The minimum atomic E-state index is 0.231. The second-order valence-electron chi connectivity index (χ2n) is 4.59. The van der Waals surface area contributed by atoms with Crippen molar-refractivity contribution in [2.24, 2.45) is 0 Å². The van der Waals surface area contributed by atoms with Crippen LogP contribution in [0.15, 0.2) is 17.8 Å². The second-order valence-corrected chi connectivity index (χ2v) is 5.45. The first-order chi connectivity index (χ1) is 7.69. The van der Waals surface area contributed by atoms with Crippen molar-refractivity contribution in [2.75, 3.05) is 0 Å². The van der Waals surface area contributed by atoms with Crippen LogP contribution in [-0.4, -0.2) is 15.0 Å². The molecule has 16 heavy (non-hydrogen) atoms. The van der Waals surface area contributed by atoms with Crippen molar-refractivity contribution in [1.29, 1.82) is 0 Å². The average molecular weight is 231 g/mol. The van der Waals surface area contributed by atoms with Gasteiger partial charge in [0.15, 0.2) is 0 Å². The standard InChI is InChI=1S/C12H13N3S/c1-8-10(16-7-14-8)9-3-6-13-11(15-9)12(2)4-5-12/h3,6-7H,4-5H2,1-2H3. The normalized spacial score (nSPS) is 17.4. The summed E-state index contributed by atoms with van der Waals surface area (Å²) in [6.45, 7) is 4.25. The van der Waals surface area contributed by atoms with Crippen molar-refractivity contribution in [3.63, 3.8) is 0 Å². The molecule has 2 heterocycles. The van der Waals surface area contributed by atoms with Gasteiger partial charge in [-0.05, 0) is 25.8 Å². The Morgan fingerprint density at radius 1 is 1.31 bits per heavy atom. The van der Waals surface area contributed by atoms with Gasteiger partial charge in [0.1, 0.15) is 5.82 Å². The predicted molar refractivity (Wildman–Crippen MR) is 64.5 cm³/mol. The van der Waals surface area contributed by atoms with Gasteiger partial charge in [0, 0.05) is 11.6 Å². The molecule has 3 rings (SSSR count). The summed E-state index contributed by atoms with van der Waals surface area (Å²) in [5.41, 5.74) is 4.16. The predicted octanol–water partition coefficient (Wildman–Crippen LogP) is 2.96. The fraction of sp³-hybridized carbons (Fsp3) is 0.417. The van der Waals surface area contributed by atoms with E-state index in [-0.39, 0.29) is 5.41 Å². The molecule has 0 atom stereocenters. The van der Waals surface area contributed by atoms with Crippen LogP contribution in [-0.2, 0) is 5.41 Å². The lowest BCUT2D eigenvalue weighted by atomic mass is 10.1. The van der Waals surface area contributed by atoms with Gasteiger partial charge >= 0.3 is 0 Å². The molecule has 1 aliphatic carbocycles. The van der Waals surface area contributed by atoms with Crippen LogP contribution in [0.4, 0.5) is 0 Å². The van der Waals surface area contributed by atoms with Crippen LogP contribution in [0.1, 0.15) is 31.3 Å². The molecule has 1 saturated carbocycles. The largest absolute Gasteiger partial charge is 0.249 e. The molecule has 0 aromatic carbocycles. The highest BCUT2D eigenvalue weighted by molar-refractivity contribution is 7.13. The van der Waals surface area contributed by atoms with Crippen molar-refractivity contribution in [2.45, 2.75) is 32.1 Å². The maximum atomic E-state index is 4.67. The topological polar surface area (TPSA) is 38.7 Å². The maximum absolute atomic E-state index is 4.67. The highest BCUT2D eigenvalue weighted by Gasteiger charge is 2.42. The molecule has 0 amide bonds. The number of aryl methyl sites for hydroxylation is 1. The summed E-state index contributed by atoms with van der Waals surface area (Å²) in [5.74, 6) is 0.984. The monoisotopic (exact) mass is 231 g/mol. The van der Waals surface area contributed by atoms with Crippen LogP contribution < -0.4 is 0 Å². The van der Waals surface area contributed by atoms with E-state index < -0.39 is 0 Å². The van der Waals surface area contributed by atoms with Crippen molar-refractivity contribution < 1.29 is 0 Å². The lowest BCUT2D eigenvalue weighted by Gasteiger charge is -2.07. The summed E-state index contributed by atoms with van der Waals surface area (Å²) in [6, 6.07) is 1.97. The number of rotatable bonds is 2. The molecule has 1 fully saturated rings. The fourth-order valence-corrected chi connectivity index (χ4v) is 2.51. The minimum absolute atomic E-state index is 0.231. The minimum Gasteiger partial charge on any atom is -0.249 e. The Hall–Kier alpha value is -1.29. The molecule has 2 aromatic heterocycles. The first-order valence-electron chi connectivity index (χ1n) is 5.43. The summed E-state index contributed by atoms with van der Waals surface area (Å²) in [7, 11) is 0. The third kappa shape index (κ3) is 1.53. The Morgan fingerprint density at radius 2 is 2.12 bits per heavy atom. The number of aromatic nitrogens is 3. The SMILES string of the molecule is Cc1ncsc1-c1ccnc(C2(C)CC2)n1. The van der Waals surface area contributed by atoms with E-state index >= 15 is 0 Å². The van der Waals surface area contributed by atoms with E-state index in [9.17, 15) is 0 Å². The van der Waals surface area contributed by atoms with Crippen LogP contribution in [0.25, 0.3) is 10.6 Å². The third-order valence-electron chi connectivity index (χ3n) is 3.17. The molecule has 2 aromatic rings. The van der Waals surface area contributed by atoms with Crippen molar-refractivity contribution in [3.8, 4) is 10.6 Å². The van der Waals surface area contributed by atoms with Crippen LogP contribution in [0.2, 0.25) is 0 Å². The molecule has 1 aliphatic rings. The Kier molecular flexibility index (Phi) is 2.07. The van der Waals surface area contributed by atoms with E-state index in [2.05, 4.69) is 21.9 Å². The Balaban J connectivity index is 2.06. The molecule has 0 aliphatic heterocycles. The van der Waals surface area contributed by atoms with Gasteiger partial charge in [-0.15, -0.1) is 11.3 Å². The Morgan fingerprint density at radius 3 is 2.75 bits per heavy atom. The van der Waals surface area contributed by atoms with E-state index in [1.807, 2.05) is 24.7 Å². The van der Waals surface area contributed by atoms with E-state index in [1.165, 1.54) is 12.8 Å². The zero-order valence-electron chi connectivity index (χ0n) is 9.40. The molecule has 0 N–H and O–H groups in total. The molecule has 0 saturated heterocycles. The lowest BCUT2D eigenvalue weighted by Crippen LogP contribution is -2.06. The second kappa shape index (κ2) is 3.35. The maximum Gasteiger partial charge on any atom is 0.134 e. The quantitative estimate of drug-likeness (QED) is 0.797. The van der Waals surface area contributed by atoms with Gasteiger partial charge in [-0.2, -0.15) is 0 Å². The van der Waals surface area contributed by atoms with Gasteiger partial charge in [-0.3, -0.25) is 0 Å². The van der Waals surface area contributed by atoms with Gasteiger partial charge in [0.25, 0.3) is 0 Å². The fourth-order valence-electron chi connectivity index (χ4n) is 1.73. The van der Waals surface area contributed by atoms with Crippen molar-refractivity contribution in [1.82, 2.24) is 15.0 Å². The summed E-state index contributed by atoms with van der Waals surface area (Å²) >= 11 is 1.64. The van der Waals surface area contributed by atoms with Gasteiger partial charge in [0.2, 0.25) is 0 Å². The van der Waals surface area contributed by atoms with E-state index in [0.29, 0.717) is 0 Å². The first-order valence-corrected chi connectivity index (χ1v) is 6.31. The molecule has 0 spiro atoms. The van der Waals surface area contributed by atoms with Gasteiger partial charge in [0.05, 0.1) is 21.8 Å². The molecule has 82 valence electrons. The van der Waals surface area contributed by atoms with E-state index in [4.69, 9.17) is 0 Å². The van der Waals surface area contributed by atoms with E-state index in [1.54, 1.807) is 11.3 Å². The average Bonchev–Trinajstić information content (AvgIpc) is 2.90. The third-order valence-corrected chi connectivity index (χ3v) is 4.12. The van der Waals surface area contributed by atoms with Gasteiger partial charge in [-0.1, -0.05) is 6.92 Å². The van der Waals surface area contributed by atoms with Crippen LogP contribution in [0.5, 0.6) is 0 Å². The summed E-state index contributed by atoms with van der Waals surface area (Å²) < 4.78 is 0. The highest BCUT2D eigenvalue weighted by atomic mass is 32.1. The van der Waals surface area contributed by atoms with E-state index in [0.717, 1.165) is 22.1 Å². The lowest BCUT2D eigenvalue weighted by molar-refractivity contribution is 0.710. The highest BCUT2D eigenvalue weighted by Crippen LogP contribution is 2.46. The molecule has 0 radical (unpaired) electrons. The number of hydrogen-bond donors (Lipinski definition) is 0. The van der Waals surface area contributed by atoms with Gasteiger partial charge in [-0.25, -0.2) is 15.0 Å². The van der Waals surface area contributed by atoms with Crippen LogP contribution in [0, 0.1) is 6.92 Å². The smallest absolute Gasteiger partial charge is 0.134 e. The van der Waals surface area contributed by atoms with Crippen LogP contribution in [0.3, 0.4) is 0 Å². The molecule has 4 heteroatoms. The zero-order valence-corrected chi connectivity index (χ0v) is 10.2. The Bertz CT molecular complexity index is 529. The molecular formula is C12H13N3S. The first kappa shape index (κ1) is 9.90. The van der Waals surface area contributed by atoms with Crippen molar-refractivity contribution >= 4 is 11.3 Å². The summed E-state index contributed by atoms with van der Waals surface area (Å²) in [4.78, 5) is 14.5. The summed E-state index contributed by atoms with van der Waals surface area (Å²) in [5, 5.41) is 0. The number of thiazole rings is 1. The number of hydrogen-bond acceptors (Lipinski definition) is 4. The molecule has 3 nitrogen and oxygen atoms in total. The van der Waals surface area contributed by atoms with Gasteiger partial charge < -0.3 is 0 Å². The van der Waals surface area contributed by atoms with Crippen molar-refractivity contribution in [3.05, 3.63) is 29.3 Å². The Labute approximate surface area is 98.6 Å². The molecular weight excluding hydrogens is 218 g/mol. The molecule has 0 bridgehead atoms. The summed E-state index contributed by atoms with van der Waals surface area (Å²) in [6.07, 6.45) is 4.27. The number of nitrogens with zero attached hydrogens (tertiary/aromatic N) is 3. The zero-order chi connectivity index (χ0) is 11.2.